The minimum atomic E-state index is -0.234. The zero-order valence-corrected chi connectivity index (χ0v) is 13.0. The Kier molecular flexibility index (Phi) is 3.54. The molecular formula is C16H25N3O. The summed E-state index contributed by atoms with van der Waals surface area (Å²) in [5.74, 6) is 0.100. The molecule has 2 rings (SSSR count). The molecule has 0 saturated carbocycles. The highest BCUT2D eigenvalue weighted by Crippen LogP contribution is 2.41. The van der Waals surface area contributed by atoms with Crippen LogP contribution in [0.3, 0.4) is 0 Å². The third-order valence-corrected chi connectivity index (χ3v) is 4.07. The molecule has 0 radical (unpaired) electrons. The Bertz CT molecular complexity index is 522. The molecular weight excluding hydrogens is 250 g/mol. The van der Waals surface area contributed by atoms with Crippen LogP contribution >= 0.6 is 0 Å². The van der Waals surface area contributed by atoms with Crippen molar-refractivity contribution in [3.63, 3.8) is 0 Å². The lowest BCUT2D eigenvalue weighted by Gasteiger charge is -2.36. The Morgan fingerprint density at radius 3 is 2.40 bits per heavy atom. The van der Waals surface area contributed by atoms with Crippen molar-refractivity contribution < 1.29 is 4.74 Å². The van der Waals surface area contributed by atoms with Crippen molar-refractivity contribution >= 4 is 11.5 Å². The Labute approximate surface area is 121 Å². The van der Waals surface area contributed by atoms with Crippen LogP contribution in [0.2, 0.25) is 0 Å². The number of rotatable bonds is 3. The van der Waals surface area contributed by atoms with E-state index in [1.165, 1.54) is 0 Å². The summed E-state index contributed by atoms with van der Waals surface area (Å²) in [4.78, 5) is 2.20. The van der Waals surface area contributed by atoms with Gasteiger partial charge >= 0.3 is 0 Å². The number of likely N-dealkylation sites (N-methyl/N-ethyl adjacent to an activating group) is 1. The predicted octanol–water partition coefficient (Wildman–Crippen LogP) is 2.75. The van der Waals surface area contributed by atoms with Gasteiger partial charge in [0.1, 0.15) is 5.84 Å². The number of para-hydroxylation sites is 1. The van der Waals surface area contributed by atoms with Gasteiger partial charge in [0.25, 0.3) is 0 Å². The summed E-state index contributed by atoms with van der Waals surface area (Å²) >= 11 is 0. The zero-order valence-electron chi connectivity index (χ0n) is 13.0. The van der Waals surface area contributed by atoms with Crippen LogP contribution in [0, 0.1) is 5.41 Å². The second-order valence-corrected chi connectivity index (χ2v) is 6.73. The summed E-state index contributed by atoms with van der Waals surface area (Å²) in [6.45, 7) is 8.50. The Morgan fingerprint density at radius 2 is 1.90 bits per heavy atom. The first-order valence-electron chi connectivity index (χ1n) is 7.00. The number of nitrogens with two attached hydrogens (primary N) is 1. The van der Waals surface area contributed by atoms with Crippen molar-refractivity contribution in [2.24, 2.45) is 5.73 Å². The fourth-order valence-electron chi connectivity index (χ4n) is 3.31. The molecule has 1 fully saturated rings. The van der Waals surface area contributed by atoms with Gasteiger partial charge in [0.15, 0.2) is 0 Å². The second-order valence-electron chi connectivity index (χ2n) is 6.73. The molecule has 1 aromatic rings. The van der Waals surface area contributed by atoms with Gasteiger partial charge < -0.3 is 15.4 Å². The molecule has 0 amide bonds. The lowest BCUT2D eigenvalue weighted by atomic mass is 9.92. The number of hydrogen-bond donors (Lipinski definition) is 2. The van der Waals surface area contributed by atoms with E-state index in [0.29, 0.717) is 0 Å². The number of amidine groups is 1. The van der Waals surface area contributed by atoms with E-state index in [1.54, 1.807) is 0 Å². The third-order valence-electron chi connectivity index (χ3n) is 4.07. The highest BCUT2D eigenvalue weighted by Gasteiger charge is 2.48. The lowest BCUT2D eigenvalue weighted by molar-refractivity contribution is -0.0676. The molecule has 0 spiro atoms. The number of ether oxygens (including phenoxy) is 1. The van der Waals surface area contributed by atoms with Crippen LogP contribution in [-0.4, -0.2) is 30.1 Å². The smallest absolute Gasteiger partial charge is 0.124 e. The highest BCUT2D eigenvalue weighted by molar-refractivity contribution is 6.00. The summed E-state index contributed by atoms with van der Waals surface area (Å²) in [6.07, 6.45) is 0.947. The minimum absolute atomic E-state index is 0.100. The van der Waals surface area contributed by atoms with E-state index in [9.17, 15) is 0 Å². The van der Waals surface area contributed by atoms with Gasteiger partial charge in [0.05, 0.1) is 17.2 Å². The van der Waals surface area contributed by atoms with E-state index in [4.69, 9.17) is 15.9 Å². The van der Waals surface area contributed by atoms with Gasteiger partial charge in [-0.15, -0.1) is 0 Å². The summed E-state index contributed by atoms with van der Waals surface area (Å²) in [5.41, 5.74) is 7.09. The van der Waals surface area contributed by atoms with Crippen LogP contribution in [0.25, 0.3) is 0 Å². The van der Waals surface area contributed by atoms with E-state index >= 15 is 0 Å². The number of anilines is 1. The Balaban J connectivity index is 2.37. The summed E-state index contributed by atoms with van der Waals surface area (Å²) in [5, 5.41) is 7.74. The van der Waals surface area contributed by atoms with Gasteiger partial charge in [-0.05, 0) is 46.2 Å². The number of nitrogens with one attached hydrogen (secondary N) is 1. The molecule has 1 aromatic carbocycles. The van der Waals surface area contributed by atoms with Crippen LogP contribution < -0.4 is 10.6 Å². The molecule has 4 heteroatoms. The highest BCUT2D eigenvalue weighted by atomic mass is 16.5. The van der Waals surface area contributed by atoms with E-state index in [2.05, 4.69) is 39.6 Å². The SMILES string of the molecule is CN(c1ccccc1C(=N)N)C1CC(C)(C)OC1(C)C. The maximum Gasteiger partial charge on any atom is 0.124 e. The average molecular weight is 275 g/mol. The van der Waals surface area contributed by atoms with Crippen molar-refractivity contribution in [1.29, 1.82) is 5.41 Å². The molecule has 20 heavy (non-hydrogen) atoms. The van der Waals surface area contributed by atoms with Crippen LogP contribution in [0.5, 0.6) is 0 Å². The summed E-state index contributed by atoms with van der Waals surface area (Å²) in [7, 11) is 2.05. The molecule has 1 aliphatic rings. The van der Waals surface area contributed by atoms with E-state index in [1.807, 2.05) is 24.3 Å². The lowest BCUT2D eigenvalue weighted by Crippen LogP contribution is -2.45. The molecule has 0 bridgehead atoms. The Hall–Kier alpha value is -1.55. The largest absolute Gasteiger partial charge is 0.384 e. The maximum atomic E-state index is 7.74. The van der Waals surface area contributed by atoms with Gasteiger partial charge in [0.2, 0.25) is 0 Å². The maximum absolute atomic E-state index is 7.74. The zero-order chi connectivity index (χ0) is 15.1. The normalized spacial score (nSPS) is 23.6. The van der Waals surface area contributed by atoms with Gasteiger partial charge in [-0.1, -0.05) is 12.1 Å². The molecule has 1 heterocycles. The van der Waals surface area contributed by atoms with Crippen molar-refractivity contribution in [2.45, 2.75) is 51.4 Å². The van der Waals surface area contributed by atoms with E-state index in [-0.39, 0.29) is 23.1 Å². The summed E-state index contributed by atoms with van der Waals surface area (Å²) in [6, 6.07) is 8.04. The number of nitrogens with zero attached hydrogens (tertiary/aromatic N) is 1. The van der Waals surface area contributed by atoms with Gasteiger partial charge in [-0.25, -0.2) is 0 Å². The molecule has 1 unspecified atom stereocenters. The number of benzene rings is 1. The van der Waals surface area contributed by atoms with Gasteiger partial charge in [-0.2, -0.15) is 0 Å². The van der Waals surface area contributed by atoms with E-state index in [0.717, 1.165) is 17.7 Å². The van der Waals surface area contributed by atoms with Gasteiger partial charge in [-0.3, -0.25) is 5.41 Å². The molecule has 4 nitrogen and oxygen atoms in total. The Morgan fingerprint density at radius 1 is 1.30 bits per heavy atom. The minimum Gasteiger partial charge on any atom is -0.384 e. The van der Waals surface area contributed by atoms with Crippen LogP contribution in [0.1, 0.15) is 39.7 Å². The molecule has 0 aliphatic carbocycles. The predicted molar refractivity (Wildman–Crippen MR) is 83.5 cm³/mol. The molecule has 1 aliphatic heterocycles. The first kappa shape index (κ1) is 14.9. The third kappa shape index (κ3) is 2.66. The quantitative estimate of drug-likeness (QED) is 0.658. The van der Waals surface area contributed by atoms with Crippen LogP contribution in [0.15, 0.2) is 24.3 Å². The van der Waals surface area contributed by atoms with Crippen molar-refractivity contribution in [3.05, 3.63) is 29.8 Å². The standard InChI is InChI=1S/C16H25N3O/c1-15(2)10-13(16(3,4)20-15)19(5)12-9-7-6-8-11(12)14(17)18/h6-9,13H,10H2,1-5H3,(H3,17,18). The molecule has 1 saturated heterocycles. The van der Waals surface area contributed by atoms with Gasteiger partial charge in [0, 0.05) is 18.3 Å². The molecule has 0 aromatic heterocycles. The molecule has 1 atom stereocenters. The topological polar surface area (TPSA) is 62.3 Å². The summed E-state index contributed by atoms with van der Waals surface area (Å²) < 4.78 is 6.17. The average Bonchev–Trinajstić information content (AvgIpc) is 2.56. The van der Waals surface area contributed by atoms with Crippen molar-refractivity contribution in [1.82, 2.24) is 0 Å². The first-order valence-corrected chi connectivity index (χ1v) is 7.00. The first-order chi connectivity index (χ1) is 9.14. The fourth-order valence-corrected chi connectivity index (χ4v) is 3.31. The second kappa shape index (κ2) is 4.77. The molecule has 3 N–H and O–H groups in total. The van der Waals surface area contributed by atoms with E-state index < -0.39 is 0 Å². The fraction of sp³-hybridized carbons (Fsp3) is 0.562. The van der Waals surface area contributed by atoms with Crippen molar-refractivity contribution in [3.8, 4) is 0 Å². The number of nitrogen functional groups attached to an aromatic ring is 1. The monoisotopic (exact) mass is 275 g/mol. The molecule has 110 valence electrons. The van der Waals surface area contributed by atoms with Crippen LogP contribution in [-0.2, 0) is 4.74 Å². The van der Waals surface area contributed by atoms with Crippen LogP contribution in [0.4, 0.5) is 5.69 Å². The number of hydrogen-bond acceptors (Lipinski definition) is 3. The van der Waals surface area contributed by atoms with Crippen molar-refractivity contribution in [2.75, 3.05) is 11.9 Å².